The molecule has 0 saturated heterocycles. The number of hydrogen-bond donors (Lipinski definition) is 0. The molecule has 18 heavy (non-hydrogen) atoms. The average Bonchev–Trinajstić information content (AvgIpc) is 2.38. The second kappa shape index (κ2) is 6.82. The highest BCUT2D eigenvalue weighted by Gasteiger charge is 2.13. The predicted octanol–water partition coefficient (Wildman–Crippen LogP) is 4.84. The van der Waals surface area contributed by atoms with Crippen molar-refractivity contribution < 1.29 is 4.74 Å². The lowest BCUT2D eigenvalue weighted by Crippen LogP contribution is -2.15. The molecule has 1 aliphatic rings. The summed E-state index contributed by atoms with van der Waals surface area (Å²) >= 11 is 0. The summed E-state index contributed by atoms with van der Waals surface area (Å²) in [7, 11) is 0. The number of benzene rings is 1. The van der Waals surface area contributed by atoms with E-state index in [-0.39, 0.29) is 0 Å². The molecule has 1 fully saturated rings. The predicted molar refractivity (Wildman–Crippen MR) is 77.1 cm³/mol. The van der Waals surface area contributed by atoms with Gasteiger partial charge in [-0.2, -0.15) is 0 Å². The Morgan fingerprint density at radius 3 is 2.33 bits per heavy atom. The van der Waals surface area contributed by atoms with Crippen LogP contribution < -0.4 is 4.74 Å². The van der Waals surface area contributed by atoms with Gasteiger partial charge in [0.15, 0.2) is 0 Å². The SMILES string of the molecule is CC(C)Cc1ccc(OCC2CCCCC2)cc1. The molecule has 0 atom stereocenters. The largest absolute Gasteiger partial charge is 0.493 e. The molecule has 0 spiro atoms. The van der Waals surface area contributed by atoms with Crippen molar-refractivity contribution in [3.05, 3.63) is 29.8 Å². The van der Waals surface area contributed by atoms with Crippen LogP contribution in [-0.4, -0.2) is 6.61 Å². The Bertz CT molecular complexity index is 333. The fourth-order valence-corrected chi connectivity index (χ4v) is 2.76. The van der Waals surface area contributed by atoms with Gasteiger partial charge in [0, 0.05) is 0 Å². The van der Waals surface area contributed by atoms with Crippen LogP contribution in [0.1, 0.15) is 51.5 Å². The minimum Gasteiger partial charge on any atom is -0.493 e. The molecule has 1 aromatic rings. The van der Waals surface area contributed by atoms with E-state index in [1.807, 2.05) is 0 Å². The molecule has 0 N–H and O–H groups in total. The fourth-order valence-electron chi connectivity index (χ4n) is 2.76. The lowest BCUT2D eigenvalue weighted by Gasteiger charge is -2.21. The minimum atomic E-state index is 0.721. The Morgan fingerprint density at radius 1 is 1.06 bits per heavy atom. The summed E-state index contributed by atoms with van der Waals surface area (Å²) in [4.78, 5) is 0. The van der Waals surface area contributed by atoms with Crippen molar-refractivity contribution in [2.75, 3.05) is 6.61 Å². The molecule has 0 aromatic heterocycles. The van der Waals surface area contributed by atoms with E-state index < -0.39 is 0 Å². The van der Waals surface area contributed by atoms with Crippen molar-refractivity contribution in [3.8, 4) is 5.75 Å². The maximum Gasteiger partial charge on any atom is 0.119 e. The molecule has 100 valence electrons. The monoisotopic (exact) mass is 246 g/mol. The summed E-state index contributed by atoms with van der Waals surface area (Å²) in [5.74, 6) is 2.54. The summed E-state index contributed by atoms with van der Waals surface area (Å²) in [6.45, 7) is 5.42. The maximum absolute atomic E-state index is 5.91. The van der Waals surface area contributed by atoms with Gasteiger partial charge in [-0.25, -0.2) is 0 Å². The zero-order valence-electron chi connectivity index (χ0n) is 11.8. The first-order chi connectivity index (χ1) is 8.74. The van der Waals surface area contributed by atoms with Crippen molar-refractivity contribution in [3.63, 3.8) is 0 Å². The van der Waals surface area contributed by atoms with Crippen LogP contribution in [0, 0.1) is 11.8 Å². The summed E-state index contributed by atoms with van der Waals surface area (Å²) in [5.41, 5.74) is 1.41. The first kappa shape index (κ1) is 13.5. The zero-order chi connectivity index (χ0) is 12.8. The molecule has 1 saturated carbocycles. The van der Waals surface area contributed by atoms with E-state index >= 15 is 0 Å². The van der Waals surface area contributed by atoms with Gasteiger partial charge in [0.1, 0.15) is 5.75 Å². The highest BCUT2D eigenvalue weighted by atomic mass is 16.5. The summed E-state index contributed by atoms with van der Waals surface area (Å²) in [6, 6.07) is 8.66. The van der Waals surface area contributed by atoms with Gasteiger partial charge in [-0.15, -0.1) is 0 Å². The van der Waals surface area contributed by atoms with Crippen LogP contribution in [0.4, 0.5) is 0 Å². The van der Waals surface area contributed by atoms with E-state index in [1.54, 1.807) is 0 Å². The minimum absolute atomic E-state index is 0.721. The second-order valence-electron chi connectivity index (χ2n) is 6.06. The molecule has 0 amide bonds. The van der Waals surface area contributed by atoms with Gasteiger partial charge >= 0.3 is 0 Å². The first-order valence-electron chi connectivity index (χ1n) is 7.46. The van der Waals surface area contributed by atoms with Gasteiger partial charge in [0.05, 0.1) is 6.61 Å². The lowest BCUT2D eigenvalue weighted by molar-refractivity contribution is 0.209. The first-order valence-corrected chi connectivity index (χ1v) is 7.46. The quantitative estimate of drug-likeness (QED) is 0.722. The topological polar surface area (TPSA) is 9.23 Å². The molecule has 0 aliphatic heterocycles. The maximum atomic E-state index is 5.91. The Labute approximate surface area is 112 Å². The molecule has 0 heterocycles. The average molecular weight is 246 g/mol. The van der Waals surface area contributed by atoms with E-state index in [0.717, 1.165) is 30.6 Å². The Kier molecular flexibility index (Phi) is 5.10. The smallest absolute Gasteiger partial charge is 0.119 e. The molecular weight excluding hydrogens is 220 g/mol. The van der Waals surface area contributed by atoms with Crippen molar-refractivity contribution in [2.45, 2.75) is 52.4 Å². The Morgan fingerprint density at radius 2 is 1.72 bits per heavy atom. The van der Waals surface area contributed by atoms with Gasteiger partial charge in [-0.1, -0.05) is 45.2 Å². The highest BCUT2D eigenvalue weighted by molar-refractivity contribution is 5.27. The normalized spacial score (nSPS) is 17.1. The van der Waals surface area contributed by atoms with E-state index in [4.69, 9.17) is 4.74 Å². The van der Waals surface area contributed by atoms with Crippen molar-refractivity contribution in [1.29, 1.82) is 0 Å². The van der Waals surface area contributed by atoms with Crippen LogP contribution in [-0.2, 0) is 6.42 Å². The van der Waals surface area contributed by atoms with Crippen LogP contribution in [0.15, 0.2) is 24.3 Å². The highest BCUT2D eigenvalue weighted by Crippen LogP contribution is 2.24. The Hall–Kier alpha value is -0.980. The van der Waals surface area contributed by atoms with Gasteiger partial charge in [0.25, 0.3) is 0 Å². The third-order valence-electron chi connectivity index (χ3n) is 3.78. The van der Waals surface area contributed by atoms with E-state index in [2.05, 4.69) is 38.1 Å². The molecule has 2 rings (SSSR count). The van der Waals surface area contributed by atoms with Crippen LogP contribution in [0.2, 0.25) is 0 Å². The zero-order valence-corrected chi connectivity index (χ0v) is 11.8. The van der Waals surface area contributed by atoms with Crippen molar-refractivity contribution in [2.24, 2.45) is 11.8 Å². The molecule has 0 bridgehead atoms. The van der Waals surface area contributed by atoms with Gasteiger partial charge in [-0.3, -0.25) is 0 Å². The van der Waals surface area contributed by atoms with Crippen LogP contribution in [0.3, 0.4) is 0 Å². The third kappa shape index (κ3) is 4.36. The fraction of sp³-hybridized carbons (Fsp3) is 0.647. The van der Waals surface area contributed by atoms with E-state index in [9.17, 15) is 0 Å². The van der Waals surface area contributed by atoms with Crippen molar-refractivity contribution in [1.82, 2.24) is 0 Å². The standard InChI is InChI=1S/C17H26O/c1-14(2)12-15-8-10-17(11-9-15)18-13-16-6-4-3-5-7-16/h8-11,14,16H,3-7,12-13H2,1-2H3. The van der Waals surface area contributed by atoms with Gasteiger partial charge in [-0.05, 0) is 48.8 Å². The molecule has 0 radical (unpaired) electrons. The molecule has 1 heteroatoms. The van der Waals surface area contributed by atoms with E-state index in [1.165, 1.54) is 37.7 Å². The molecular formula is C17H26O. The lowest BCUT2D eigenvalue weighted by atomic mass is 9.90. The number of rotatable bonds is 5. The van der Waals surface area contributed by atoms with Crippen LogP contribution >= 0.6 is 0 Å². The summed E-state index contributed by atoms with van der Waals surface area (Å²) in [5, 5.41) is 0. The summed E-state index contributed by atoms with van der Waals surface area (Å²) < 4.78 is 5.91. The number of ether oxygens (including phenoxy) is 1. The number of hydrogen-bond acceptors (Lipinski definition) is 1. The molecule has 1 nitrogen and oxygen atoms in total. The molecule has 1 aliphatic carbocycles. The van der Waals surface area contributed by atoms with Gasteiger partial charge in [0.2, 0.25) is 0 Å². The van der Waals surface area contributed by atoms with Gasteiger partial charge < -0.3 is 4.74 Å². The third-order valence-corrected chi connectivity index (χ3v) is 3.78. The van der Waals surface area contributed by atoms with Crippen molar-refractivity contribution >= 4 is 0 Å². The van der Waals surface area contributed by atoms with Crippen LogP contribution in [0.25, 0.3) is 0 Å². The van der Waals surface area contributed by atoms with E-state index in [0.29, 0.717) is 0 Å². The Balaban J connectivity index is 1.78. The molecule has 0 unspecified atom stereocenters. The summed E-state index contributed by atoms with van der Waals surface area (Å²) in [6.07, 6.45) is 8.06. The second-order valence-corrected chi connectivity index (χ2v) is 6.06. The van der Waals surface area contributed by atoms with Crippen LogP contribution in [0.5, 0.6) is 5.75 Å². The molecule has 1 aromatic carbocycles.